The number of allylic oxidation sites excluding steroid dienone is 3. The zero-order valence-corrected chi connectivity index (χ0v) is 10.6. The average Bonchev–Trinajstić information content (AvgIpc) is 2.16. The summed E-state index contributed by atoms with van der Waals surface area (Å²) in [7, 11) is 0. The van der Waals surface area contributed by atoms with Crippen LogP contribution in [0.2, 0.25) is 0 Å². The van der Waals surface area contributed by atoms with Gasteiger partial charge in [-0.05, 0) is 33.3 Å². The number of ketones is 1. The molecule has 0 fully saturated rings. The molecule has 0 aliphatic carbocycles. The van der Waals surface area contributed by atoms with Gasteiger partial charge in [0.25, 0.3) is 0 Å². The fraction of sp³-hybridized carbons (Fsp3) is 0.615. The lowest BCUT2D eigenvalue weighted by molar-refractivity contribution is -0.115. The largest absolute Gasteiger partial charge is 0.366 e. The van der Waals surface area contributed by atoms with Gasteiger partial charge < -0.3 is 4.90 Å². The van der Waals surface area contributed by atoms with Crippen molar-refractivity contribution in [1.82, 2.24) is 4.90 Å². The standard InChI is InChI=1S/C13H23NO/c1-7-11(5)14(8-2)13(12(6)15)9-10(3)4/h9,11H,3,7-8H2,1-2,4-6H3/b13-9-. The highest BCUT2D eigenvalue weighted by atomic mass is 16.1. The molecule has 0 aromatic heterocycles. The van der Waals surface area contributed by atoms with Gasteiger partial charge in [0.05, 0.1) is 5.70 Å². The van der Waals surface area contributed by atoms with Crippen LogP contribution in [0.25, 0.3) is 0 Å². The van der Waals surface area contributed by atoms with Gasteiger partial charge in [0, 0.05) is 19.5 Å². The van der Waals surface area contributed by atoms with Crippen molar-refractivity contribution in [2.45, 2.75) is 47.1 Å². The van der Waals surface area contributed by atoms with E-state index in [1.54, 1.807) is 6.92 Å². The molecule has 0 aromatic rings. The normalized spacial score (nSPS) is 13.5. The molecule has 0 heterocycles. The second-order valence-corrected chi connectivity index (χ2v) is 3.98. The maximum absolute atomic E-state index is 11.5. The molecule has 0 saturated carbocycles. The first-order chi connectivity index (χ1) is 6.93. The monoisotopic (exact) mass is 209 g/mol. The van der Waals surface area contributed by atoms with E-state index in [1.807, 2.05) is 13.0 Å². The Bertz CT molecular complexity index is 266. The predicted molar refractivity (Wildman–Crippen MR) is 65.7 cm³/mol. The molecule has 0 bridgehead atoms. The molecule has 1 unspecified atom stereocenters. The number of Topliss-reactive ketones (excluding diaryl/α,β-unsaturated/α-hetero) is 1. The Morgan fingerprint density at radius 2 is 1.93 bits per heavy atom. The van der Waals surface area contributed by atoms with Gasteiger partial charge in [-0.25, -0.2) is 0 Å². The molecule has 0 spiro atoms. The van der Waals surface area contributed by atoms with Crippen LogP contribution in [0.4, 0.5) is 0 Å². The number of nitrogens with zero attached hydrogens (tertiary/aromatic N) is 1. The summed E-state index contributed by atoms with van der Waals surface area (Å²) >= 11 is 0. The van der Waals surface area contributed by atoms with Gasteiger partial charge in [0.1, 0.15) is 0 Å². The van der Waals surface area contributed by atoms with Crippen LogP contribution in [0.15, 0.2) is 23.9 Å². The molecule has 2 nitrogen and oxygen atoms in total. The van der Waals surface area contributed by atoms with Gasteiger partial charge in [0.15, 0.2) is 5.78 Å². The smallest absolute Gasteiger partial charge is 0.175 e. The number of carbonyl (C=O) groups excluding carboxylic acids is 1. The third-order valence-electron chi connectivity index (χ3n) is 2.52. The first-order valence-corrected chi connectivity index (χ1v) is 5.58. The molecule has 0 aliphatic rings. The summed E-state index contributed by atoms with van der Waals surface area (Å²) in [5, 5.41) is 0. The van der Waals surface area contributed by atoms with E-state index in [2.05, 4.69) is 32.3 Å². The highest BCUT2D eigenvalue weighted by Crippen LogP contribution is 2.14. The third kappa shape index (κ3) is 4.32. The average molecular weight is 209 g/mol. The van der Waals surface area contributed by atoms with Gasteiger partial charge >= 0.3 is 0 Å². The summed E-state index contributed by atoms with van der Waals surface area (Å²) in [4.78, 5) is 13.7. The molecular formula is C13H23NO. The van der Waals surface area contributed by atoms with Crippen LogP contribution < -0.4 is 0 Å². The summed E-state index contributed by atoms with van der Waals surface area (Å²) in [5.74, 6) is 0.111. The molecule has 15 heavy (non-hydrogen) atoms. The number of carbonyl (C=O) groups is 1. The van der Waals surface area contributed by atoms with Crippen molar-refractivity contribution in [3.05, 3.63) is 23.9 Å². The van der Waals surface area contributed by atoms with Crippen LogP contribution in [0, 0.1) is 0 Å². The van der Waals surface area contributed by atoms with Gasteiger partial charge in [-0.15, -0.1) is 0 Å². The predicted octanol–water partition coefficient (Wildman–Crippen LogP) is 3.16. The third-order valence-corrected chi connectivity index (χ3v) is 2.52. The number of likely N-dealkylation sites (N-methyl/N-ethyl adjacent to an activating group) is 1. The van der Waals surface area contributed by atoms with Crippen LogP contribution in [-0.4, -0.2) is 23.3 Å². The molecule has 0 saturated heterocycles. The van der Waals surface area contributed by atoms with Crippen molar-refractivity contribution in [3.8, 4) is 0 Å². The molecule has 2 heteroatoms. The number of hydrogen-bond acceptors (Lipinski definition) is 2. The van der Waals surface area contributed by atoms with Crippen LogP contribution in [0.5, 0.6) is 0 Å². The second-order valence-electron chi connectivity index (χ2n) is 3.98. The topological polar surface area (TPSA) is 20.3 Å². The lowest BCUT2D eigenvalue weighted by Crippen LogP contribution is -2.34. The quantitative estimate of drug-likeness (QED) is 0.495. The van der Waals surface area contributed by atoms with Gasteiger partial charge in [-0.3, -0.25) is 4.79 Å². The molecular weight excluding hydrogens is 186 g/mol. The van der Waals surface area contributed by atoms with Crippen LogP contribution in [-0.2, 0) is 4.79 Å². The minimum absolute atomic E-state index is 0.111. The van der Waals surface area contributed by atoms with E-state index < -0.39 is 0 Å². The van der Waals surface area contributed by atoms with E-state index in [-0.39, 0.29) is 5.78 Å². The van der Waals surface area contributed by atoms with E-state index in [0.717, 1.165) is 24.2 Å². The van der Waals surface area contributed by atoms with E-state index in [9.17, 15) is 4.79 Å². The van der Waals surface area contributed by atoms with Crippen LogP contribution in [0.1, 0.15) is 41.0 Å². The Balaban J connectivity index is 5.03. The highest BCUT2D eigenvalue weighted by molar-refractivity contribution is 5.93. The van der Waals surface area contributed by atoms with E-state index in [4.69, 9.17) is 0 Å². The second kappa shape index (κ2) is 6.44. The van der Waals surface area contributed by atoms with E-state index in [1.165, 1.54) is 0 Å². The SMILES string of the molecule is C=C(C)/C=C(/C(C)=O)N(CC)C(C)CC. The van der Waals surface area contributed by atoms with Crippen molar-refractivity contribution < 1.29 is 4.79 Å². The Morgan fingerprint density at radius 1 is 1.40 bits per heavy atom. The summed E-state index contributed by atoms with van der Waals surface area (Å²) in [6, 6.07) is 0.393. The maximum atomic E-state index is 11.5. The Labute approximate surface area is 93.7 Å². The zero-order chi connectivity index (χ0) is 12.0. The highest BCUT2D eigenvalue weighted by Gasteiger charge is 2.16. The zero-order valence-electron chi connectivity index (χ0n) is 10.6. The van der Waals surface area contributed by atoms with Crippen LogP contribution in [0.3, 0.4) is 0 Å². The Kier molecular flexibility index (Phi) is 5.99. The van der Waals surface area contributed by atoms with Gasteiger partial charge in [0.2, 0.25) is 0 Å². The molecule has 86 valence electrons. The first-order valence-electron chi connectivity index (χ1n) is 5.58. The lowest BCUT2D eigenvalue weighted by atomic mass is 10.1. The summed E-state index contributed by atoms with van der Waals surface area (Å²) in [5.41, 5.74) is 1.70. The maximum Gasteiger partial charge on any atom is 0.175 e. The Morgan fingerprint density at radius 3 is 2.20 bits per heavy atom. The van der Waals surface area contributed by atoms with Crippen molar-refractivity contribution in [1.29, 1.82) is 0 Å². The molecule has 0 radical (unpaired) electrons. The van der Waals surface area contributed by atoms with Gasteiger partial charge in [-0.1, -0.05) is 19.1 Å². The minimum atomic E-state index is 0.111. The van der Waals surface area contributed by atoms with Crippen LogP contribution >= 0.6 is 0 Å². The minimum Gasteiger partial charge on any atom is -0.366 e. The molecule has 0 aromatic carbocycles. The first kappa shape index (κ1) is 13.9. The lowest BCUT2D eigenvalue weighted by Gasteiger charge is -2.30. The molecule has 0 amide bonds. The Hall–Kier alpha value is -1.05. The van der Waals surface area contributed by atoms with Crippen molar-refractivity contribution in [3.63, 3.8) is 0 Å². The van der Waals surface area contributed by atoms with Crippen molar-refractivity contribution in [2.75, 3.05) is 6.54 Å². The molecule has 0 N–H and O–H groups in total. The summed E-state index contributed by atoms with van der Waals surface area (Å²) in [6.07, 6.45) is 2.91. The fourth-order valence-corrected chi connectivity index (χ4v) is 1.56. The molecule has 0 rings (SSSR count). The summed E-state index contributed by atoms with van der Waals surface area (Å²) < 4.78 is 0. The van der Waals surface area contributed by atoms with Crippen molar-refractivity contribution in [2.24, 2.45) is 0 Å². The molecule has 1 atom stereocenters. The fourth-order valence-electron chi connectivity index (χ4n) is 1.56. The number of hydrogen-bond donors (Lipinski definition) is 0. The van der Waals surface area contributed by atoms with E-state index >= 15 is 0 Å². The number of rotatable bonds is 6. The van der Waals surface area contributed by atoms with Crippen molar-refractivity contribution >= 4 is 5.78 Å². The van der Waals surface area contributed by atoms with Gasteiger partial charge in [-0.2, -0.15) is 0 Å². The summed E-state index contributed by atoms with van der Waals surface area (Å²) in [6.45, 7) is 14.5. The molecule has 0 aliphatic heterocycles. The van der Waals surface area contributed by atoms with E-state index in [0.29, 0.717) is 6.04 Å².